The summed E-state index contributed by atoms with van der Waals surface area (Å²) in [5.41, 5.74) is 2.40. The SMILES string of the molecule is COc1cc(/C=N\NC(=O)Cc2n[nH]c(=O)[nH]c2=O)ccc1OCc1ccccc1. The van der Waals surface area contributed by atoms with Crippen LogP contribution in [0.25, 0.3) is 0 Å². The van der Waals surface area contributed by atoms with Gasteiger partial charge in [-0.2, -0.15) is 10.2 Å². The molecule has 0 radical (unpaired) electrons. The van der Waals surface area contributed by atoms with Crippen molar-refractivity contribution in [1.29, 1.82) is 0 Å². The summed E-state index contributed by atoms with van der Waals surface area (Å²) in [5, 5.41) is 9.44. The monoisotopic (exact) mass is 409 g/mol. The van der Waals surface area contributed by atoms with Gasteiger partial charge in [-0.15, -0.1) is 0 Å². The zero-order valence-corrected chi connectivity index (χ0v) is 16.0. The summed E-state index contributed by atoms with van der Waals surface area (Å²) >= 11 is 0. The topological polar surface area (TPSA) is 139 Å². The van der Waals surface area contributed by atoms with E-state index in [1.165, 1.54) is 13.3 Å². The lowest BCUT2D eigenvalue weighted by molar-refractivity contribution is -0.120. The van der Waals surface area contributed by atoms with E-state index in [0.717, 1.165) is 5.56 Å². The molecule has 0 unspecified atom stereocenters. The Balaban J connectivity index is 1.59. The van der Waals surface area contributed by atoms with Gasteiger partial charge in [-0.3, -0.25) is 14.6 Å². The lowest BCUT2D eigenvalue weighted by atomic mass is 10.2. The van der Waals surface area contributed by atoms with Crippen LogP contribution in [-0.4, -0.2) is 34.4 Å². The molecule has 1 amide bonds. The van der Waals surface area contributed by atoms with Crippen LogP contribution < -0.4 is 26.1 Å². The zero-order valence-electron chi connectivity index (χ0n) is 16.0. The molecular formula is C20H19N5O5. The van der Waals surface area contributed by atoms with Gasteiger partial charge in [0.15, 0.2) is 11.5 Å². The van der Waals surface area contributed by atoms with Gasteiger partial charge in [0.25, 0.3) is 5.56 Å². The number of hydrogen-bond acceptors (Lipinski definition) is 7. The second-order valence-electron chi connectivity index (χ2n) is 6.11. The summed E-state index contributed by atoms with van der Waals surface area (Å²) in [6.07, 6.45) is 1.09. The molecule has 3 aromatic rings. The lowest BCUT2D eigenvalue weighted by Gasteiger charge is -2.11. The van der Waals surface area contributed by atoms with Crippen LogP contribution in [0.3, 0.4) is 0 Å². The standard InChI is InChI=1S/C20H19N5O5/c1-29-17-9-14(7-8-16(17)30-12-13-5-3-2-4-6-13)11-21-24-18(26)10-15-19(27)22-20(28)25-23-15/h2-9,11H,10,12H2,1H3,(H,24,26)(H2,22,25,27,28)/b21-11-. The van der Waals surface area contributed by atoms with Crippen molar-refractivity contribution in [2.45, 2.75) is 13.0 Å². The number of nitrogens with zero attached hydrogens (tertiary/aromatic N) is 2. The molecule has 3 N–H and O–H groups in total. The van der Waals surface area contributed by atoms with E-state index >= 15 is 0 Å². The Morgan fingerprint density at radius 3 is 2.70 bits per heavy atom. The number of carbonyl (C=O) groups excluding carboxylic acids is 1. The van der Waals surface area contributed by atoms with Crippen molar-refractivity contribution in [2.75, 3.05) is 7.11 Å². The number of carbonyl (C=O) groups is 1. The van der Waals surface area contributed by atoms with Crippen LogP contribution in [0.2, 0.25) is 0 Å². The molecule has 0 saturated heterocycles. The molecule has 0 aliphatic carbocycles. The molecular weight excluding hydrogens is 390 g/mol. The van der Waals surface area contributed by atoms with E-state index in [1.807, 2.05) is 35.3 Å². The van der Waals surface area contributed by atoms with Crippen LogP contribution in [0.1, 0.15) is 16.8 Å². The van der Waals surface area contributed by atoms with E-state index in [9.17, 15) is 14.4 Å². The Bertz CT molecular complexity index is 1150. The van der Waals surface area contributed by atoms with Gasteiger partial charge >= 0.3 is 5.69 Å². The summed E-state index contributed by atoms with van der Waals surface area (Å²) in [7, 11) is 1.53. The highest BCUT2D eigenvalue weighted by atomic mass is 16.5. The van der Waals surface area contributed by atoms with Crippen molar-refractivity contribution in [1.82, 2.24) is 20.6 Å². The maximum absolute atomic E-state index is 11.9. The highest BCUT2D eigenvalue weighted by Crippen LogP contribution is 2.28. The Morgan fingerprint density at radius 2 is 1.97 bits per heavy atom. The third kappa shape index (κ3) is 5.64. The average molecular weight is 409 g/mol. The van der Waals surface area contributed by atoms with Gasteiger partial charge < -0.3 is 9.47 Å². The molecule has 3 rings (SSSR count). The fraction of sp³-hybridized carbons (Fsp3) is 0.150. The van der Waals surface area contributed by atoms with E-state index in [1.54, 1.807) is 18.2 Å². The summed E-state index contributed by atoms with van der Waals surface area (Å²) < 4.78 is 11.1. The van der Waals surface area contributed by atoms with E-state index in [-0.39, 0.29) is 12.1 Å². The van der Waals surface area contributed by atoms with Crippen LogP contribution in [0, 0.1) is 0 Å². The van der Waals surface area contributed by atoms with Crippen LogP contribution in [0.15, 0.2) is 63.2 Å². The van der Waals surface area contributed by atoms with Crippen molar-refractivity contribution >= 4 is 12.1 Å². The number of benzene rings is 2. The first-order valence-corrected chi connectivity index (χ1v) is 8.89. The van der Waals surface area contributed by atoms with Crippen molar-refractivity contribution in [2.24, 2.45) is 5.10 Å². The van der Waals surface area contributed by atoms with Crippen LogP contribution >= 0.6 is 0 Å². The van der Waals surface area contributed by atoms with Gasteiger partial charge in [0.1, 0.15) is 12.3 Å². The number of H-pyrrole nitrogens is 2. The lowest BCUT2D eigenvalue weighted by Crippen LogP contribution is -2.31. The van der Waals surface area contributed by atoms with Gasteiger partial charge in [0, 0.05) is 0 Å². The van der Waals surface area contributed by atoms with Crippen molar-refractivity contribution in [3.05, 3.63) is 86.2 Å². The minimum Gasteiger partial charge on any atom is -0.493 e. The maximum atomic E-state index is 11.9. The molecule has 1 heterocycles. The minimum absolute atomic E-state index is 0.121. The summed E-state index contributed by atoms with van der Waals surface area (Å²) in [6.45, 7) is 0.401. The molecule has 0 aliphatic rings. The number of hydrogen-bond donors (Lipinski definition) is 3. The number of amides is 1. The zero-order chi connectivity index (χ0) is 21.3. The summed E-state index contributed by atoms with van der Waals surface area (Å²) in [4.78, 5) is 36.3. The van der Waals surface area contributed by atoms with Crippen molar-refractivity contribution in [3.63, 3.8) is 0 Å². The van der Waals surface area contributed by atoms with E-state index in [4.69, 9.17) is 9.47 Å². The van der Waals surface area contributed by atoms with Crippen LogP contribution in [0.5, 0.6) is 11.5 Å². The van der Waals surface area contributed by atoms with Gasteiger partial charge in [-0.05, 0) is 29.3 Å². The first-order valence-electron chi connectivity index (χ1n) is 8.89. The smallest absolute Gasteiger partial charge is 0.342 e. The van der Waals surface area contributed by atoms with Gasteiger partial charge in [-0.25, -0.2) is 15.3 Å². The first-order chi connectivity index (χ1) is 14.5. The fourth-order valence-electron chi connectivity index (χ4n) is 2.48. The summed E-state index contributed by atoms with van der Waals surface area (Å²) in [5.74, 6) is 0.530. The van der Waals surface area contributed by atoms with Gasteiger partial charge in [0.05, 0.1) is 19.7 Å². The quantitative estimate of drug-likeness (QED) is 0.370. The minimum atomic E-state index is -0.743. The number of aromatic nitrogens is 3. The maximum Gasteiger partial charge on any atom is 0.342 e. The molecule has 1 aromatic heterocycles. The van der Waals surface area contributed by atoms with Gasteiger partial charge in [-0.1, -0.05) is 30.3 Å². The van der Waals surface area contributed by atoms with Crippen molar-refractivity contribution < 1.29 is 14.3 Å². The number of methoxy groups -OCH3 is 1. The number of aromatic amines is 2. The fourth-order valence-corrected chi connectivity index (χ4v) is 2.48. The number of ether oxygens (including phenoxy) is 2. The highest BCUT2D eigenvalue weighted by molar-refractivity contribution is 5.83. The highest BCUT2D eigenvalue weighted by Gasteiger charge is 2.09. The molecule has 0 spiro atoms. The van der Waals surface area contributed by atoms with Crippen molar-refractivity contribution in [3.8, 4) is 11.5 Å². The largest absolute Gasteiger partial charge is 0.493 e. The van der Waals surface area contributed by atoms with E-state index in [2.05, 4.69) is 20.7 Å². The molecule has 2 aromatic carbocycles. The third-order valence-electron chi connectivity index (χ3n) is 3.94. The van der Waals surface area contributed by atoms with Crippen LogP contribution in [-0.2, 0) is 17.8 Å². The van der Waals surface area contributed by atoms with E-state index < -0.39 is 17.2 Å². The van der Waals surface area contributed by atoms with Crippen LogP contribution in [0.4, 0.5) is 0 Å². The summed E-state index contributed by atoms with van der Waals surface area (Å²) in [6, 6.07) is 15.0. The predicted molar refractivity (Wildman–Crippen MR) is 109 cm³/mol. The number of hydrazone groups is 1. The number of rotatable bonds is 8. The Kier molecular flexibility index (Phi) is 6.72. The molecule has 0 fully saturated rings. The Morgan fingerprint density at radius 1 is 1.17 bits per heavy atom. The molecule has 0 atom stereocenters. The molecule has 154 valence electrons. The van der Waals surface area contributed by atoms with E-state index in [0.29, 0.717) is 23.7 Å². The first kappa shape index (κ1) is 20.5. The number of nitrogens with one attached hydrogen (secondary N) is 3. The predicted octanol–water partition coefficient (Wildman–Crippen LogP) is 0.739. The molecule has 0 bridgehead atoms. The molecule has 30 heavy (non-hydrogen) atoms. The average Bonchev–Trinajstić information content (AvgIpc) is 2.75. The molecule has 10 nitrogen and oxygen atoms in total. The molecule has 0 saturated carbocycles. The molecule has 0 aliphatic heterocycles. The van der Waals surface area contributed by atoms with Gasteiger partial charge in [0.2, 0.25) is 5.91 Å². The Hall–Kier alpha value is -4.21. The molecule has 10 heteroatoms. The normalized spacial score (nSPS) is 10.7. The Labute approximate surface area is 170 Å². The second-order valence-corrected chi connectivity index (χ2v) is 6.11. The second kappa shape index (κ2) is 9.82. The third-order valence-corrected chi connectivity index (χ3v) is 3.94.